The quantitative estimate of drug-likeness (QED) is 0.162. The fourth-order valence-corrected chi connectivity index (χ4v) is 4.37. The normalized spacial score (nSPS) is 11.6. The van der Waals surface area contributed by atoms with Crippen molar-refractivity contribution in [1.82, 2.24) is 0 Å². The second kappa shape index (κ2) is 13.6. The number of phenolic OH excluding ortho intramolecular Hbond substituents is 1. The van der Waals surface area contributed by atoms with Gasteiger partial charge in [0.1, 0.15) is 11.5 Å². The maximum Gasteiger partial charge on any atom is 0.265 e. The zero-order chi connectivity index (χ0) is 26.9. The number of aromatic hydroxyl groups is 1. The van der Waals surface area contributed by atoms with E-state index in [0.717, 1.165) is 31.2 Å². The van der Waals surface area contributed by atoms with Crippen molar-refractivity contribution in [2.75, 3.05) is 10.6 Å². The van der Waals surface area contributed by atoms with Crippen LogP contribution in [0, 0.1) is 6.92 Å². The van der Waals surface area contributed by atoms with Crippen molar-refractivity contribution < 1.29 is 19.4 Å². The van der Waals surface area contributed by atoms with Crippen molar-refractivity contribution in [3.63, 3.8) is 0 Å². The maximum atomic E-state index is 13.2. The Morgan fingerprint density at radius 2 is 1.65 bits per heavy atom. The lowest BCUT2D eigenvalue weighted by Gasteiger charge is -2.20. The lowest BCUT2D eigenvalue weighted by Crippen LogP contribution is -2.33. The van der Waals surface area contributed by atoms with Gasteiger partial charge in [0.2, 0.25) is 0 Å². The van der Waals surface area contributed by atoms with Crippen LogP contribution < -0.4 is 15.4 Å². The Hall–Kier alpha value is -2.93. The number of aryl methyl sites for hydroxylation is 1. The Morgan fingerprint density at radius 3 is 2.35 bits per heavy atom. The molecular weight excluding hydrogens is 535 g/mol. The molecule has 1 unspecified atom stereocenters. The second-order valence-corrected chi connectivity index (χ2v) is 9.88. The number of anilines is 2. The number of halogens is 3. The number of hydrogen-bond acceptors (Lipinski definition) is 4. The molecule has 1 atom stereocenters. The first-order chi connectivity index (χ1) is 17.7. The van der Waals surface area contributed by atoms with Gasteiger partial charge in [-0.3, -0.25) is 9.59 Å². The van der Waals surface area contributed by atoms with Gasteiger partial charge in [-0.2, -0.15) is 0 Å². The van der Waals surface area contributed by atoms with E-state index in [0.29, 0.717) is 17.2 Å². The molecule has 9 heteroatoms. The molecule has 6 nitrogen and oxygen atoms in total. The number of nitrogens with one attached hydrogen (secondary N) is 2. The summed E-state index contributed by atoms with van der Waals surface area (Å²) in [5.74, 6) is -0.803. The van der Waals surface area contributed by atoms with Gasteiger partial charge < -0.3 is 20.5 Å². The van der Waals surface area contributed by atoms with Gasteiger partial charge in [-0.15, -0.1) is 0 Å². The number of benzene rings is 3. The van der Waals surface area contributed by atoms with E-state index in [-0.39, 0.29) is 32.7 Å². The van der Waals surface area contributed by atoms with Crippen molar-refractivity contribution in [2.24, 2.45) is 0 Å². The Labute approximate surface area is 231 Å². The third-order valence-corrected chi connectivity index (χ3v) is 6.62. The number of unbranched alkanes of at least 4 members (excludes halogenated alkanes) is 3. The highest BCUT2D eigenvalue weighted by atomic mass is 35.5. The fraction of sp³-hybridized carbons (Fsp3) is 0.286. The van der Waals surface area contributed by atoms with E-state index < -0.39 is 17.9 Å². The summed E-state index contributed by atoms with van der Waals surface area (Å²) in [5.41, 5.74) is 1.48. The van der Waals surface area contributed by atoms with Gasteiger partial charge in [-0.25, -0.2) is 0 Å². The minimum absolute atomic E-state index is 0.0757. The Kier molecular flexibility index (Phi) is 10.5. The van der Waals surface area contributed by atoms with Crippen molar-refractivity contribution in [3.05, 3.63) is 80.8 Å². The van der Waals surface area contributed by atoms with Crippen LogP contribution in [-0.2, 0) is 4.79 Å². The van der Waals surface area contributed by atoms with E-state index in [2.05, 4.69) is 17.6 Å². The fourth-order valence-electron chi connectivity index (χ4n) is 3.66. The maximum absolute atomic E-state index is 13.2. The van der Waals surface area contributed by atoms with Gasteiger partial charge in [0.15, 0.2) is 6.10 Å². The lowest BCUT2D eigenvalue weighted by molar-refractivity contribution is -0.123. The Bertz CT molecular complexity index is 1270. The summed E-state index contributed by atoms with van der Waals surface area (Å²) in [7, 11) is 0. The molecule has 0 aliphatic rings. The topological polar surface area (TPSA) is 87.7 Å². The minimum Gasteiger partial charge on any atom is -0.506 e. The number of amides is 2. The monoisotopic (exact) mass is 562 g/mol. The van der Waals surface area contributed by atoms with Gasteiger partial charge in [0, 0.05) is 6.07 Å². The molecular formula is C28H29Cl3N2O4. The summed E-state index contributed by atoms with van der Waals surface area (Å²) in [6, 6.07) is 14.5. The number of rotatable bonds is 11. The summed E-state index contributed by atoms with van der Waals surface area (Å²) in [6.07, 6.45) is 3.53. The molecule has 196 valence electrons. The van der Waals surface area contributed by atoms with Crippen LogP contribution in [-0.4, -0.2) is 23.0 Å². The largest absolute Gasteiger partial charge is 0.506 e. The molecule has 0 aliphatic carbocycles. The molecule has 0 bridgehead atoms. The summed E-state index contributed by atoms with van der Waals surface area (Å²) in [5, 5.41) is 16.7. The highest BCUT2D eigenvalue weighted by Crippen LogP contribution is 2.35. The number of ether oxygens (including phenoxy) is 1. The number of carbonyl (C=O) groups is 2. The van der Waals surface area contributed by atoms with Crippen LogP contribution >= 0.6 is 34.8 Å². The first-order valence-corrected chi connectivity index (χ1v) is 13.1. The third-order valence-electron chi connectivity index (χ3n) is 5.68. The van der Waals surface area contributed by atoms with E-state index in [1.165, 1.54) is 12.1 Å². The van der Waals surface area contributed by atoms with E-state index in [9.17, 15) is 14.7 Å². The standard InChI is InChI=1S/C28H29Cl3N2O4/c1-3-4-5-6-11-26(37-25-13-12-17(2)14-21(25)31)28(36)32-22-16-24(34)23(15-20(22)30)33-27(35)18-9-7-8-10-19(18)29/h7-10,12-16,26,34H,3-6,11H2,1-2H3,(H,32,36)(H,33,35). The lowest BCUT2D eigenvalue weighted by atomic mass is 10.1. The average Bonchev–Trinajstić information content (AvgIpc) is 2.85. The van der Waals surface area contributed by atoms with Gasteiger partial charge in [-0.05, 0) is 55.7 Å². The minimum atomic E-state index is -0.824. The number of hydrogen-bond donors (Lipinski definition) is 3. The van der Waals surface area contributed by atoms with Gasteiger partial charge >= 0.3 is 0 Å². The molecule has 0 fully saturated rings. The molecule has 2 amide bonds. The first kappa shape index (κ1) is 28.6. The van der Waals surface area contributed by atoms with Crippen LogP contribution in [0.2, 0.25) is 15.1 Å². The SMILES string of the molecule is CCCCCCC(Oc1ccc(C)cc1Cl)C(=O)Nc1cc(O)c(NC(=O)c2ccccc2Cl)cc1Cl. The second-order valence-electron chi connectivity index (χ2n) is 8.66. The van der Waals surface area contributed by atoms with Crippen LogP contribution in [0.4, 0.5) is 11.4 Å². The predicted molar refractivity (Wildman–Crippen MR) is 151 cm³/mol. The average molecular weight is 564 g/mol. The van der Waals surface area contributed by atoms with Crippen LogP contribution in [0.3, 0.4) is 0 Å². The molecule has 0 radical (unpaired) electrons. The molecule has 0 spiro atoms. The smallest absolute Gasteiger partial charge is 0.265 e. The Morgan fingerprint density at radius 1 is 0.892 bits per heavy atom. The highest BCUT2D eigenvalue weighted by Gasteiger charge is 2.23. The Balaban J connectivity index is 1.76. The first-order valence-electron chi connectivity index (χ1n) is 12.0. The van der Waals surface area contributed by atoms with Gasteiger partial charge in [0.05, 0.1) is 32.0 Å². The number of phenols is 1. The summed E-state index contributed by atoms with van der Waals surface area (Å²) in [4.78, 5) is 25.8. The van der Waals surface area contributed by atoms with E-state index in [4.69, 9.17) is 39.5 Å². The van der Waals surface area contributed by atoms with Crippen molar-refractivity contribution >= 4 is 58.0 Å². The van der Waals surface area contributed by atoms with Crippen LogP contribution in [0.5, 0.6) is 11.5 Å². The molecule has 3 aromatic rings. The van der Waals surface area contributed by atoms with Crippen LogP contribution in [0.25, 0.3) is 0 Å². The molecule has 0 heterocycles. The highest BCUT2D eigenvalue weighted by molar-refractivity contribution is 6.35. The zero-order valence-electron chi connectivity index (χ0n) is 20.6. The third kappa shape index (κ3) is 8.03. The van der Waals surface area contributed by atoms with E-state index in [1.807, 2.05) is 13.0 Å². The van der Waals surface area contributed by atoms with Crippen molar-refractivity contribution in [1.29, 1.82) is 0 Å². The summed E-state index contributed by atoms with van der Waals surface area (Å²) < 4.78 is 6.00. The number of carbonyl (C=O) groups excluding carboxylic acids is 2. The molecule has 0 aromatic heterocycles. The molecule has 0 saturated heterocycles. The molecule has 37 heavy (non-hydrogen) atoms. The van der Waals surface area contributed by atoms with Crippen LogP contribution in [0.1, 0.15) is 54.9 Å². The van der Waals surface area contributed by atoms with Crippen molar-refractivity contribution in [2.45, 2.75) is 52.1 Å². The summed E-state index contributed by atoms with van der Waals surface area (Å²) >= 11 is 18.8. The van der Waals surface area contributed by atoms with E-state index >= 15 is 0 Å². The molecule has 0 aliphatic heterocycles. The molecule has 0 saturated carbocycles. The summed E-state index contributed by atoms with van der Waals surface area (Å²) in [6.45, 7) is 4.03. The van der Waals surface area contributed by atoms with Crippen molar-refractivity contribution in [3.8, 4) is 11.5 Å². The molecule has 3 aromatic carbocycles. The molecule has 3 rings (SSSR count). The van der Waals surface area contributed by atoms with Crippen LogP contribution in [0.15, 0.2) is 54.6 Å². The van der Waals surface area contributed by atoms with Gasteiger partial charge in [0.25, 0.3) is 11.8 Å². The predicted octanol–water partition coefficient (Wildman–Crippen LogP) is 8.27. The molecule has 3 N–H and O–H groups in total. The zero-order valence-corrected chi connectivity index (χ0v) is 22.9. The van der Waals surface area contributed by atoms with E-state index in [1.54, 1.807) is 36.4 Å². The van der Waals surface area contributed by atoms with Gasteiger partial charge in [-0.1, -0.05) is 79.2 Å².